The second-order valence-corrected chi connectivity index (χ2v) is 7.84. The average Bonchev–Trinajstić information content (AvgIpc) is 2.53. The van der Waals surface area contributed by atoms with Crippen molar-refractivity contribution in [3.8, 4) is 0 Å². The highest BCUT2D eigenvalue weighted by Crippen LogP contribution is 2.26. The van der Waals surface area contributed by atoms with Gasteiger partial charge in [0.15, 0.2) is 5.69 Å². The fourth-order valence-corrected chi connectivity index (χ4v) is 3.63. The Kier molecular flexibility index (Phi) is 6.36. The van der Waals surface area contributed by atoms with Crippen LogP contribution >= 0.6 is 0 Å². The molecule has 0 aliphatic heterocycles. The lowest BCUT2D eigenvalue weighted by Gasteiger charge is -2.24. The second kappa shape index (κ2) is 8.11. The monoisotopic (exact) mass is 379 g/mol. The van der Waals surface area contributed by atoms with Gasteiger partial charge in [0.1, 0.15) is 11.1 Å². The summed E-state index contributed by atoms with van der Waals surface area (Å²) >= 11 is 0. The Morgan fingerprint density at radius 2 is 2.04 bits per heavy atom. The minimum atomic E-state index is -4.77. The van der Waals surface area contributed by atoms with Crippen molar-refractivity contribution >= 4 is 16.7 Å². The van der Waals surface area contributed by atoms with Gasteiger partial charge in [-0.3, -0.25) is 13.8 Å². The van der Waals surface area contributed by atoms with Gasteiger partial charge in [-0.25, -0.2) is 4.98 Å². The minimum absolute atomic E-state index is 0.0483. The van der Waals surface area contributed by atoms with Crippen LogP contribution in [0.25, 0.3) is 0 Å². The second-order valence-electron chi connectivity index (χ2n) is 6.09. The van der Waals surface area contributed by atoms with Crippen LogP contribution in [0.4, 0.5) is 13.2 Å². The van der Waals surface area contributed by atoms with Gasteiger partial charge in [-0.2, -0.15) is 13.2 Å². The number of aromatic nitrogens is 2. The summed E-state index contributed by atoms with van der Waals surface area (Å²) in [6.45, 7) is 1.44. The zero-order valence-electron chi connectivity index (χ0n) is 13.7. The number of carbonyl (C=O) groups is 1. The summed E-state index contributed by atoms with van der Waals surface area (Å²) in [4.78, 5) is 28.9. The van der Waals surface area contributed by atoms with Gasteiger partial charge in [0, 0.05) is 22.9 Å². The zero-order chi connectivity index (χ0) is 18.6. The SMILES string of the molecule is C[C@@H](C(=O)NC1CCCCC1)[S@@](=O)Cc1nc(C(F)(F)F)cc(=O)[nH]1. The number of halogens is 3. The normalized spacial score (nSPS) is 18.6. The van der Waals surface area contributed by atoms with Crippen LogP contribution in [0.1, 0.15) is 50.5 Å². The van der Waals surface area contributed by atoms with Gasteiger partial charge >= 0.3 is 6.18 Å². The lowest BCUT2D eigenvalue weighted by atomic mass is 9.95. The standard InChI is InChI=1S/C15H20F3N3O3S/c1-9(14(23)19-10-5-3-2-4-6-10)25(24)8-12-20-11(15(16,17)18)7-13(22)21-12/h7,9-10H,2-6,8H2,1H3,(H,19,23)(H,20,21,22)/t9-,25-/m0/s1. The fourth-order valence-electron chi connectivity index (χ4n) is 2.67. The lowest BCUT2D eigenvalue weighted by molar-refractivity contribution is -0.141. The predicted molar refractivity (Wildman–Crippen MR) is 86.2 cm³/mol. The largest absolute Gasteiger partial charge is 0.433 e. The fraction of sp³-hybridized carbons (Fsp3) is 0.667. The Morgan fingerprint density at radius 3 is 2.64 bits per heavy atom. The van der Waals surface area contributed by atoms with Gasteiger partial charge in [-0.1, -0.05) is 19.3 Å². The summed E-state index contributed by atoms with van der Waals surface area (Å²) in [5, 5.41) is 1.91. The molecule has 1 saturated carbocycles. The van der Waals surface area contributed by atoms with Crippen molar-refractivity contribution in [3.63, 3.8) is 0 Å². The van der Waals surface area contributed by atoms with Gasteiger partial charge in [0.2, 0.25) is 5.91 Å². The molecule has 1 aliphatic rings. The molecule has 2 atom stereocenters. The Hall–Kier alpha value is -1.71. The number of carbonyl (C=O) groups excluding carboxylic acids is 1. The third-order valence-electron chi connectivity index (χ3n) is 4.08. The molecule has 1 heterocycles. The van der Waals surface area contributed by atoms with E-state index in [-0.39, 0.29) is 11.9 Å². The van der Waals surface area contributed by atoms with Gasteiger partial charge in [-0.15, -0.1) is 0 Å². The molecule has 0 saturated heterocycles. The summed E-state index contributed by atoms with van der Waals surface area (Å²) in [6.07, 6.45) is 0.147. The first-order valence-corrected chi connectivity index (χ1v) is 9.40. The first kappa shape index (κ1) is 19.6. The van der Waals surface area contributed by atoms with Crippen molar-refractivity contribution < 1.29 is 22.2 Å². The highest BCUT2D eigenvalue weighted by molar-refractivity contribution is 7.85. The molecule has 6 nitrogen and oxygen atoms in total. The smallest absolute Gasteiger partial charge is 0.352 e. The first-order valence-electron chi connectivity index (χ1n) is 8.02. The molecule has 2 rings (SSSR count). The van der Waals surface area contributed by atoms with Crippen LogP contribution in [0.5, 0.6) is 0 Å². The van der Waals surface area contributed by atoms with Crippen LogP contribution in [0, 0.1) is 0 Å². The molecular weight excluding hydrogens is 359 g/mol. The Labute approximate surface area is 145 Å². The quantitative estimate of drug-likeness (QED) is 0.817. The van der Waals surface area contributed by atoms with Crippen LogP contribution in [0.15, 0.2) is 10.9 Å². The van der Waals surface area contributed by atoms with E-state index in [0.29, 0.717) is 6.07 Å². The molecule has 10 heteroatoms. The molecule has 1 aromatic heterocycles. The molecule has 2 N–H and O–H groups in total. The molecule has 1 aliphatic carbocycles. The number of hydrogen-bond acceptors (Lipinski definition) is 4. The van der Waals surface area contributed by atoms with Gasteiger partial charge in [0.25, 0.3) is 5.56 Å². The van der Waals surface area contributed by atoms with Gasteiger partial charge in [0.05, 0.1) is 5.75 Å². The Morgan fingerprint density at radius 1 is 1.40 bits per heavy atom. The van der Waals surface area contributed by atoms with E-state index in [9.17, 15) is 27.0 Å². The maximum atomic E-state index is 12.7. The third kappa shape index (κ3) is 5.65. The maximum absolute atomic E-state index is 12.7. The number of rotatable bonds is 5. The lowest BCUT2D eigenvalue weighted by Crippen LogP contribution is -2.43. The zero-order valence-corrected chi connectivity index (χ0v) is 14.5. The van der Waals surface area contributed by atoms with E-state index in [2.05, 4.69) is 15.3 Å². The van der Waals surface area contributed by atoms with Crippen molar-refractivity contribution in [1.29, 1.82) is 0 Å². The van der Waals surface area contributed by atoms with E-state index in [1.165, 1.54) is 6.92 Å². The van der Waals surface area contributed by atoms with Crippen LogP contribution in [0.2, 0.25) is 0 Å². The number of aromatic amines is 1. The van der Waals surface area contributed by atoms with Crippen molar-refractivity contribution in [2.45, 2.75) is 62.2 Å². The molecule has 0 spiro atoms. The average molecular weight is 379 g/mol. The summed E-state index contributed by atoms with van der Waals surface area (Å²) in [7, 11) is -1.81. The van der Waals surface area contributed by atoms with E-state index in [1.807, 2.05) is 0 Å². The molecule has 1 aromatic rings. The van der Waals surface area contributed by atoms with Gasteiger partial charge < -0.3 is 10.3 Å². The summed E-state index contributed by atoms with van der Waals surface area (Å²) < 4.78 is 50.3. The number of H-pyrrole nitrogens is 1. The minimum Gasteiger partial charge on any atom is -0.352 e. The van der Waals surface area contributed by atoms with E-state index < -0.39 is 45.1 Å². The van der Waals surface area contributed by atoms with E-state index in [0.717, 1.165) is 32.1 Å². The summed E-state index contributed by atoms with van der Waals surface area (Å²) in [5.41, 5.74) is -2.32. The molecule has 0 unspecified atom stereocenters. The molecule has 0 aromatic carbocycles. The van der Waals surface area contributed by atoms with Crippen molar-refractivity contribution in [3.05, 3.63) is 27.9 Å². The van der Waals surface area contributed by atoms with Crippen molar-refractivity contribution in [2.24, 2.45) is 0 Å². The number of nitrogens with one attached hydrogen (secondary N) is 2. The van der Waals surface area contributed by atoms with Crippen molar-refractivity contribution in [1.82, 2.24) is 15.3 Å². The number of nitrogens with zero attached hydrogens (tertiary/aromatic N) is 1. The number of amides is 1. The summed E-state index contributed by atoms with van der Waals surface area (Å²) in [5.74, 6) is -1.19. The molecule has 25 heavy (non-hydrogen) atoms. The maximum Gasteiger partial charge on any atom is 0.433 e. The Bertz CT molecular complexity index is 699. The van der Waals surface area contributed by atoms with E-state index >= 15 is 0 Å². The van der Waals surface area contributed by atoms with Crippen LogP contribution in [-0.2, 0) is 27.5 Å². The highest BCUT2D eigenvalue weighted by atomic mass is 32.2. The number of alkyl halides is 3. The van der Waals surface area contributed by atoms with Gasteiger partial charge in [-0.05, 0) is 19.8 Å². The molecular formula is C15H20F3N3O3S. The molecule has 1 amide bonds. The van der Waals surface area contributed by atoms with E-state index in [4.69, 9.17) is 0 Å². The first-order chi connectivity index (χ1) is 11.7. The molecule has 1 fully saturated rings. The Balaban J connectivity index is 2.02. The highest BCUT2D eigenvalue weighted by Gasteiger charge is 2.34. The van der Waals surface area contributed by atoms with Crippen LogP contribution in [-0.4, -0.2) is 31.4 Å². The number of hydrogen-bond donors (Lipinski definition) is 2. The van der Waals surface area contributed by atoms with Crippen molar-refractivity contribution in [2.75, 3.05) is 0 Å². The molecule has 140 valence electrons. The van der Waals surface area contributed by atoms with E-state index in [1.54, 1.807) is 0 Å². The topological polar surface area (TPSA) is 91.9 Å². The third-order valence-corrected chi connectivity index (χ3v) is 5.64. The summed E-state index contributed by atoms with van der Waals surface area (Å²) in [6, 6.07) is 0.387. The molecule has 0 radical (unpaired) electrons. The molecule has 0 bridgehead atoms. The van der Waals surface area contributed by atoms with Crippen LogP contribution in [0.3, 0.4) is 0 Å². The van der Waals surface area contributed by atoms with Crippen LogP contribution < -0.4 is 10.9 Å². The predicted octanol–water partition coefficient (Wildman–Crippen LogP) is 1.87.